The predicted octanol–water partition coefficient (Wildman–Crippen LogP) is 1.87. The highest BCUT2D eigenvalue weighted by Gasteiger charge is 2.15. The number of carbonyl (C=O) groups is 1. The van der Waals surface area contributed by atoms with Crippen molar-refractivity contribution in [2.24, 2.45) is 5.11 Å². The molecule has 0 aliphatic rings. The second-order valence-electron chi connectivity index (χ2n) is 3.18. The van der Waals surface area contributed by atoms with Crippen LogP contribution in [0.2, 0.25) is 0 Å². The molecule has 1 atom stereocenters. The Hall–Kier alpha value is -2.40. The molecule has 7 nitrogen and oxygen atoms in total. The van der Waals surface area contributed by atoms with Crippen LogP contribution in [0.15, 0.2) is 29.4 Å². The van der Waals surface area contributed by atoms with E-state index in [1.54, 1.807) is 31.4 Å². The Bertz CT molecular complexity index is 426. The number of benzene rings is 1. The summed E-state index contributed by atoms with van der Waals surface area (Å²) in [6, 6.07) is 5.83. The standard InChI is InChI=1S/C10H12N4O3/c1-17-8-4-2-7(3-5-8)13-9(10(15)16)6-12-14-11/h2-5,9,13H,6H2,1H3,(H,15,16). The van der Waals surface area contributed by atoms with Crippen LogP contribution in [0.1, 0.15) is 0 Å². The Labute approximate surface area is 97.6 Å². The summed E-state index contributed by atoms with van der Waals surface area (Å²) in [5.41, 5.74) is 8.77. The number of anilines is 1. The third-order valence-corrected chi connectivity index (χ3v) is 2.06. The molecule has 0 amide bonds. The third kappa shape index (κ3) is 3.92. The molecule has 1 unspecified atom stereocenters. The van der Waals surface area contributed by atoms with E-state index in [-0.39, 0.29) is 6.54 Å². The topological polar surface area (TPSA) is 107 Å². The minimum Gasteiger partial charge on any atom is -0.497 e. The van der Waals surface area contributed by atoms with Gasteiger partial charge in [-0.3, -0.25) is 0 Å². The van der Waals surface area contributed by atoms with Crippen LogP contribution in [0.5, 0.6) is 5.75 Å². The van der Waals surface area contributed by atoms with Gasteiger partial charge >= 0.3 is 5.97 Å². The summed E-state index contributed by atoms with van der Waals surface area (Å²) in [4.78, 5) is 13.4. The summed E-state index contributed by atoms with van der Waals surface area (Å²) in [6.45, 7) is -0.155. The van der Waals surface area contributed by atoms with Gasteiger partial charge < -0.3 is 15.2 Å². The quantitative estimate of drug-likeness (QED) is 0.446. The molecule has 1 rings (SSSR count). The lowest BCUT2D eigenvalue weighted by Gasteiger charge is -2.13. The number of aliphatic carboxylic acids is 1. The van der Waals surface area contributed by atoms with Crippen LogP contribution in [0.4, 0.5) is 5.69 Å². The van der Waals surface area contributed by atoms with Crippen molar-refractivity contribution in [3.8, 4) is 5.75 Å². The molecule has 0 heterocycles. The number of nitrogens with zero attached hydrogens (tertiary/aromatic N) is 3. The summed E-state index contributed by atoms with van der Waals surface area (Å²) in [7, 11) is 1.55. The van der Waals surface area contributed by atoms with Gasteiger partial charge in [0.1, 0.15) is 11.8 Å². The molecule has 0 aliphatic heterocycles. The highest BCUT2D eigenvalue weighted by Crippen LogP contribution is 2.15. The molecule has 0 aliphatic carbocycles. The van der Waals surface area contributed by atoms with Gasteiger partial charge in [0, 0.05) is 10.6 Å². The summed E-state index contributed by atoms with van der Waals surface area (Å²) >= 11 is 0. The second-order valence-corrected chi connectivity index (χ2v) is 3.18. The van der Waals surface area contributed by atoms with Crippen LogP contribution in [-0.2, 0) is 4.79 Å². The summed E-state index contributed by atoms with van der Waals surface area (Å²) < 4.78 is 4.98. The molecule has 1 aromatic rings. The molecule has 0 bridgehead atoms. The second kappa shape index (κ2) is 6.24. The zero-order valence-electron chi connectivity index (χ0n) is 9.20. The first-order chi connectivity index (χ1) is 8.17. The number of carboxylic acids is 1. The van der Waals surface area contributed by atoms with Gasteiger partial charge in [0.2, 0.25) is 0 Å². The van der Waals surface area contributed by atoms with E-state index in [9.17, 15) is 4.79 Å². The molecule has 0 fully saturated rings. The first-order valence-electron chi connectivity index (χ1n) is 4.81. The van der Waals surface area contributed by atoms with Crippen LogP contribution in [0.3, 0.4) is 0 Å². The fourth-order valence-electron chi connectivity index (χ4n) is 1.19. The number of hydrogen-bond acceptors (Lipinski definition) is 4. The third-order valence-electron chi connectivity index (χ3n) is 2.06. The highest BCUT2D eigenvalue weighted by molar-refractivity contribution is 5.77. The number of ether oxygens (including phenoxy) is 1. The van der Waals surface area contributed by atoms with Crippen LogP contribution in [0, 0.1) is 0 Å². The molecule has 0 saturated carbocycles. The van der Waals surface area contributed by atoms with Gasteiger partial charge in [-0.25, -0.2) is 4.79 Å². The van der Waals surface area contributed by atoms with E-state index >= 15 is 0 Å². The Balaban J connectivity index is 2.71. The van der Waals surface area contributed by atoms with Gasteiger partial charge in [-0.15, -0.1) is 0 Å². The van der Waals surface area contributed by atoms with E-state index in [4.69, 9.17) is 15.4 Å². The maximum atomic E-state index is 10.9. The number of methoxy groups -OCH3 is 1. The number of nitrogens with one attached hydrogen (secondary N) is 1. The van der Waals surface area contributed by atoms with Gasteiger partial charge in [-0.05, 0) is 29.8 Å². The van der Waals surface area contributed by atoms with Gasteiger partial charge in [-0.1, -0.05) is 5.11 Å². The predicted molar refractivity (Wildman–Crippen MR) is 62.1 cm³/mol. The molecule has 0 radical (unpaired) electrons. The van der Waals surface area contributed by atoms with Gasteiger partial charge in [-0.2, -0.15) is 0 Å². The van der Waals surface area contributed by atoms with Crippen molar-refractivity contribution in [2.75, 3.05) is 19.0 Å². The van der Waals surface area contributed by atoms with E-state index in [1.165, 1.54) is 0 Å². The number of rotatable bonds is 6. The molecular weight excluding hydrogens is 224 g/mol. The summed E-state index contributed by atoms with van der Waals surface area (Å²) in [5.74, 6) is -0.398. The number of azide groups is 1. The van der Waals surface area contributed by atoms with Crippen molar-refractivity contribution < 1.29 is 14.6 Å². The van der Waals surface area contributed by atoms with Crippen molar-refractivity contribution in [3.05, 3.63) is 34.7 Å². The molecule has 2 N–H and O–H groups in total. The Morgan fingerprint density at radius 1 is 1.59 bits per heavy atom. The van der Waals surface area contributed by atoms with Crippen molar-refractivity contribution in [1.82, 2.24) is 0 Å². The Kier molecular flexibility index (Phi) is 4.65. The zero-order valence-corrected chi connectivity index (χ0v) is 9.20. The molecule has 90 valence electrons. The highest BCUT2D eigenvalue weighted by atomic mass is 16.5. The first kappa shape index (κ1) is 12.7. The van der Waals surface area contributed by atoms with E-state index in [1.807, 2.05) is 0 Å². The number of hydrogen-bond donors (Lipinski definition) is 2. The van der Waals surface area contributed by atoms with E-state index in [2.05, 4.69) is 15.3 Å². The van der Waals surface area contributed by atoms with E-state index in [0.717, 1.165) is 0 Å². The molecular formula is C10H12N4O3. The maximum Gasteiger partial charge on any atom is 0.326 e. The lowest BCUT2D eigenvalue weighted by Crippen LogP contribution is -2.31. The maximum absolute atomic E-state index is 10.9. The van der Waals surface area contributed by atoms with Gasteiger partial charge in [0.25, 0.3) is 0 Å². The molecule has 0 saturated heterocycles. The fourth-order valence-corrected chi connectivity index (χ4v) is 1.19. The van der Waals surface area contributed by atoms with Crippen molar-refractivity contribution in [3.63, 3.8) is 0 Å². The monoisotopic (exact) mass is 236 g/mol. The molecule has 7 heteroatoms. The molecule has 0 aromatic heterocycles. The first-order valence-corrected chi connectivity index (χ1v) is 4.81. The Morgan fingerprint density at radius 2 is 2.24 bits per heavy atom. The van der Waals surface area contributed by atoms with Crippen LogP contribution in [-0.4, -0.2) is 30.8 Å². The largest absolute Gasteiger partial charge is 0.497 e. The van der Waals surface area contributed by atoms with Crippen LogP contribution in [0.25, 0.3) is 10.4 Å². The average Bonchev–Trinajstić information content (AvgIpc) is 2.35. The van der Waals surface area contributed by atoms with Crippen LogP contribution < -0.4 is 10.1 Å². The van der Waals surface area contributed by atoms with Crippen molar-refractivity contribution in [1.29, 1.82) is 0 Å². The van der Waals surface area contributed by atoms with E-state index < -0.39 is 12.0 Å². The number of carboxylic acid groups (broad SMARTS) is 1. The lowest BCUT2D eigenvalue weighted by molar-refractivity contribution is -0.137. The van der Waals surface area contributed by atoms with E-state index in [0.29, 0.717) is 11.4 Å². The molecule has 1 aromatic carbocycles. The van der Waals surface area contributed by atoms with Crippen molar-refractivity contribution in [2.45, 2.75) is 6.04 Å². The zero-order chi connectivity index (χ0) is 12.7. The van der Waals surface area contributed by atoms with Gasteiger partial charge in [0.15, 0.2) is 0 Å². The average molecular weight is 236 g/mol. The Morgan fingerprint density at radius 3 is 2.71 bits per heavy atom. The summed E-state index contributed by atoms with van der Waals surface area (Å²) in [5, 5.41) is 14.9. The smallest absolute Gasteiger partial charge is 0.326 e. The summed E-state index contributed by atoms with van der Waals surface area (Å²) in [6.07, 6.45) is 0. The normalized spacial score (nSPS) is 11.1. The lowest BCUT2D eigenvalue weighted by atomic mass is 10.2. The molecule has 0 spiro atoms. The minimum atomic E-state index is -1.08. The minimum absolute atomic E-state index is 0.155. The van der Waals surface area contributed by atoms with Crippen molar-refractivity contribution >= 4 is 11.7 Å². The SMILES string of the molecule is COc1ccc(NC(CN=[N+]=[N-])C(=O)O)cc1. The molecule has 17 heavy (non-hydrogen) atoms. The fraction of sp³-hybridized carbons (Fsp3) is 0.300. The van der Waals surface area contributed by atoms with Gasteiger partial charge in [0.05, 0.1) is 13.7 Å². The van der Waals surface area contributed by atoms with Crippen LogP contribution >= 0.6 is 0 Å².